The third-order valence-corrected chi connectivity index (χ3v) is 3.32. The van der Waals surface area contributed by atoms with Crippen molar-refractivity contribution in [3.63, 3.8) is 0 Å². The van der Waals surface area contributed by atoms with E-state index < -0.39 is 11.8 Å². The zero-order valence-electron chi connectivity index (χ0n) is 10.1. The SMILES string of the molecule is CC(C)(C)C1(OOOC(=O)[O-])CCCCC1. The fourth-order valence-electron chi connectivity index (χ4n) is 2.19. The lowest BCUT2D eigenvalue weighted by Gasteiger charge is -2.45. The number of hydrogen-bond acceptors (Lipinski definition) is 5. The molecule has 0 amide bonds. The molecule has 0 unspecified atom stereocenters. The highest BCUT2D eigenvalue weighted by atomic mass is 17.5. The van der Waals surface area contributed by atoms with E-state index in [-0.39, 0.29) is 5.41 Å². The monoisotopic (exact) mass is 231 g/mol. The van der Waals surface area contributed by atoms with Crippen LogP contribution in [0.15, 0.2) is 0 Å². The van der Waals surface area contributed by atoms with Gasteiger partial charge in [-0.05, 0) is 18.3 Å². The summed E-state index contributed by atoms with van der Waals surface area (Å²) in [4.78, 5) is 19.1. The molecule has 1 fully saturated rings. The van der Waals surface area contributed by atoms with E-state index in [1.54, 1.807) is 0 Å². The minimum Gasteiger partial charge on any atom is -0.424 e. The van der Waals surface area contributed by atoms with Crippen LogP contribution in [0.1, 0.15) is 52.9 Å². The van der Waals surface area contributed by atoms with E-state index in [4.69, 9.17) is 4.89 Å². The van der Waals surface area contributed by atoms with Gasteiger partial charge in [-0.1, -0.05) is 45.1 Å². The smallest absolute Gasteiger partial charge is 0.281 e. The summed E-state index contributed by atoms with van der Waals surface area (Å²) in [6, 6.07) is 0. The van der Waals surface area contributed by atoms with Gasteiger partial charge in [-0.15, -0.1) is 0 Å². The summed E-state index contributed by atoms with van der Waals surface area (Å²) in [7, 11) is 0. The molecule has 0 saturated heterocycles. The van der Waals surface area contributed by atoms with Gasteiger partial charge in [0, 0.05) is 0 Å². The molecule has 0 aromatic rings. The van der Waals surface area contributed by atoms with Gasteiger partial charge in [0.25, 0.3) is 6.16 Å². The van der Waals surface area contributed by atoms with Crippen LogP contribution in [0, 0.1) is 5.41 Å². The number of carbonyl (C=O) groups is 1. The lowest BCUT2D eigenvalue weighted by molar-refractivity contribution is -0.548. The van der Waals surface area contributed by atoms with Gasteiger partial charge >= 0.3 is 0 Å². The Morgan fingerprint density at radius 1 is 1.19 bits per heavy atom. The topological polar surface area (TPSA) is 67.8 Å². The maximum absolute atomic E-state index is 10.1. The summed E-state index contributed by atoms with van der Waals surface area (Å²) < 4.78 is 0. The van der Waals surface area contributed by atoms with Gasteiger partial charge in [-0.2, -0.15) is 0 Å². The summed E-state index contributed by atoms with van der Waals surface area (Å²) in [5.41, 5.74) is -0.622. The van der Waals surface area contributed by atoms with Gasteiger partial charge in [0.1, 0.15) is 5.60 Å². The Bertz CT molecular complexity index is 237. The first-order valence-corrected chi connectivity index (χ1v) is 5.61. The molecule has 16 heavy (non-hydrogen) atoms. The number of carbonyl (C=O) groups excluding carboxylic acids is 1. The molecule has 1 saturated carbocycles. The molecule has 0 aromatic carbocycles. The Morgan fingerprint density at radius 3 is 2.19 bits per heavy atom. The molecule has 5 nitrogen and oxygen atoms in total. The van der Waals surface area contributed by atoms with Crippen LogP contribution in [0.25, 0.3) is 0 Å². The highest BCUT2D eigenvalue weighted by Gasteiger charge is 2.45. The predicted molar refractivity (Wildman–Crippen MR) is 53.9 cm³/mol. The Hall–Kier alpha value is -0.810. The Kier molecular flexibility index (Phi) is 4.15. The fraction of sp³-hybridized carbons (Fsp3) is 0.909. The maximum atomic E-state index is 10.1. The molecular formula is C11H19O5-. The minimum atomic E-state index is -1.75. The number of carboxylic acid groups (broad SMARTS) is 1. The second-order valence-corrected chi connectivity index (χ2v) is 5.29. The van der Waals surface area contributed by atoms with E-state index >= 15 is 0 Å². The van der Waals surface area contributed by atoms with E-state index in [1.165, 1.54) is 6.42 Å². The van der Waals surface area contributed by atoms with Crippen LogP contribution in [0.2, 0.25) is 0 Å². The first-order valence-electron chi connectivity index (χ1n) is 5.61. The Balaban J connectivity index is 2.60. The highest BCUT2D eigenvalue weighted by molar-refractivity contribution is 5.52. The van der Waals surface area contributed by atoms with Gasteiger partial charge in [0.2, 0.25) is 0 Å². The third-order valence-electron chi connectivity index (χ3n) is 3.32. The van der Waals surface area contributed by atoms with E-state index in [1.807, 2.05) is 20.8 Å². The summed E-state index contributed by atoms with van der Waals surface area (Å²) >= 11 is 0. The quantitative estimate of drug-likeness (QED) is 0.548. The molecule has 0 N–H and O–H groups in total. The van der Waals surface area contributed by atoms with E-state index in [9.17, 15) is 9.90 Å². The lowest BCUT2D eigenvalue weighted by Crippen LogP contribution is -2.47. The molecule has 0 bridgehead atoms. The molecule has 0 spiro atoms. The zero-order chi connectivity index (χ0) is 12.2. The molecule has 1 rings (SSSR count). The average Bonchev–Trinajstić information content (AvgIpc) is 2.17. The van der Waals surface area contributed by atoms with Gasteiger partial charge in [-0.3, -0.25) is 0 Å². The summed E-state index contributed by atoms with van der Waals surface area (Å²) in [6.45, 7) is 6.13. The van der Waals surface area contributed by atoms with Crippen molar-refractivity contribution in [3.8, 4) is 0 Å². The van der Waals surface area contributed by atoms with Crippen molar-refractivity contribution in [1.29, 1.82) is 0 Å². The van der Waals surface area contributed by atoms with Gasteiger partial charge in [0.05, 0.1) is 0 Å². The maximum Gasteiger partial charge on any atom is 0.281 e. The zero-order valence-corrected chi connectivity index (χ0v) is 10.1. The van der Waals surface area contributed by atoms with Crippen LogP contribution < -0.4 is 5.11 Å². The molecule has 1 aliphatic carbocycles. The van der Waals surface area contributed by atoms with Crippen molar-refractivity contribution in [2.75, 3.05) is 0 Å². The summed E-state index contributed by atoms with van der Waals surface area (Å²) in [6.07, 6.45) is 3.19. The van der Waals surface area contributed by atoms with E-state index in [2.05, 4.69) is 9.93 Å². The van der Waals surface area contributed by atoms with Crippen molar-refractivity contribution < 1.29 is 24.7 Å². The standard InChI is InChI=1S/C11H20O5/c1-10(2,3)11(7-5-4-6-8-11)15-16-14-9(12)13/h4-8H2,1-3H3,(H,12,13)/p-1. The molecule has 94 valence electrons. The van der Waals surface area contributed by atoms with Crippen molar-refractivity contribution in [3.05, 3.63) is 0 Å². The predicted octanol–water partition coefficient (Wildman–Crippen LogP) is 1.96. The average molecular weight is 231 g/mol. The van der Waals surface area contributed by atoms with Gasteiger partial charge in [0.15, 0.2) is 0 Å². The second-order valence-electron chi connectivity index (χ2n) is 5.29. The molecule has 0 heterocycles. The van der Waals surface area contributed by atoms with Crippen LogP contribution >= 0.6 is 0 Å². The van der Waals surface area contributed by atoms with Crippen LogP contribution in [-0.2, 0) is 14.8 Å². The first kappa shape index (κ1) is 13.3. The largest absolute Gasteiger partial charge is 0.424 e. The minimum absolute atomic E-state index is 0.136. The van der Waals surface area contributed by atoms with Gasteiger partial charge in [-0.25, -0.2) is 4.89 Å². The van der Waals surface area contributed by atoms with Crippen LogP contribution in [0.3, 0.4) is 0 Å². The van der Waals surface area contributed by atoms with Crippen molar-refractivity contribution in [1.82, 2.24) is 0 Å². The normalized spacial score (nSPS) is 20.4. The van der Waals surface area contributed by atoms with Crippen molar-refractivity contribution in [2.24, 2.45) is 5.41 Å². The molecule has 5 heteroatoms. The van der Waals surface area contributed by atoms with Crippen molar-refractivity contribution in [2.45, 2.75) is 58.5 Å². The van der Waals surface area contributed by atoms with Crippen LogP contribution in [-0.4, -0.2) is 11.8 Å². The Morgan fingerprint density at radius 2 is 1.75 bits per heavy atom. The first-order chi connectivity index (χ1) is 7.37. The van der Waals surface area contributed by atoms with Gasteiger partial charge < -0.3 is 14.8 Å². The lowest BCUT2D eigenvalue weighted by atomic mass is 9.68. The highest BCUT2D eigenvalue weighted by Crippen LogP contribution is 2.44. The third kappa shape index (κ3) is 3.09. The molecule has 0 aromatic heterocycles. The van der Waals surface area contributed by atoms with Crippen molar-refractivity contribution >= 4 is 6.16 Å². The molecule has 0 atom stereocenters. The second kappa shape index (κ2) is 5.01. The van der Waals surface area contributed by atoms with Crippen LogP contribution in [0.5, 0.6) is 0 Å². The van der Waals surface area contributed by atoms with E-state index in [0.717, 1.165) is 25.7 Å². The summed E-state index contributed by atoms with van der Waals surface area (Å²) in [5, 5.41) is 14.4. The number of rotatable bonds is 3. The molecule has 1 aliphatic rings. The molecule has 0 aliphatic heterocycles. The van der Waals surface area contributed by atoms with Crippen LogP contribution in [0.4, 0.5) is 4.79 Å². The molecule has 0 radical (unpaired) electrons. The Labute approximate surface area is 95.5 Å². The van der Waals surface area contributed by atoms with E-state index in [0.29, 0.717) is 0 Å². The number of hydrogen-bond donors (Lipinski definition) is 0. The molecular weight excluding hydrogens is 212 g/mol. The fourth-order valence-corrected chi connectivity index (χ4v) is 2.19. The summed E-state index contributed by atoms with van der Waals surface area (Å²) in [5.74, 6) is 0.